The Labute approximate surface area is 184 Å². The van der Waals surface area contributed by atoms with E-state index < -0.39 is 24.5 Å². The molecule has 0 fully saturated rings. The fourth-order valence-electron chi connectivity index (χ4n) is 3.03. The number of ether oxygens (including phenoxy) is 2. The Morgan fingerprint density at radius 3 is 2.39 bits per heavy atom. The Morgan fingerprint density at radius 1 is 0.935 bits per heavy atom. The van der Waals surface area contributed by atoms with Gasteiger partial charge >= 0.3 is 11.9 Å². The van der Waals surface area contributed by atoms with Crippen LogP contribution in [-0.2, 0) is 14.3 Å². The smallest absolute Gasteiger partial charge is 0.341 e. The molecule has 0 aliphatic carbocycles. The molecule has 2 aromatic carbocycles. The van der Waals surface area contributed by atoms with E-state index in [4.69, 9.17) is 9.47 Å². The standard InChI is InChI=1S/C24H23NO5S/c1-4-29-24(28)21-19(17-10-6-5-7-11-17)14-31-22(21)25-20(26)13-30-23(27)18-12-8-9-15(2)16(18)3/h5-12,14H,4,13H2,1-3H3,(H,25,26). The van der Waals surface area contributed by atoms with Crippen LogP contribution < -0.4 is 5.32 Å². The second kappa shape index (κ2) is 10.0. The average Bonchev–Trinajstić information content (AvgIpc) is 3.18. The number of benzene rings is 2. The number of hydrogen-bond donors (Lipinski definition) is 1. The summed E-state index contributed by atoms with van der Waals surface area (Å²) in [6.07, 6.45) is 0. The predicted molar refractivity (Wildman–Crippen MR) is 121 cm³/mol. The molecule has 1 aromatic heterocycles. The van der Waals surface area contributed by atoms with E-state index in [0.29, 0.717) is 16.1 Å². The van der Waals surface area contributed by atoms with Gasteiger partial charge in [-0.1, -0.05) is 42.5 Å². The zero-order chi connectivity index (χ0) is 22.4. The third kappa shape index (κ3) is 5.19. The molecular formula is C24H23NO5S. The molecule has 0 aliphatic rings. The lowest BCUT2D eigenvalue weighted by molar-refractivity contribution is -0.119. The monoisotopic (exact) mass is 437 g/mol. The number of hydrogen-bond acceptors (Lipinski definition) is 6. The summed E-state index contributed by atoms with van der Waals surface area (Å²) in [5, 5.41) is 4.82. The van der Waals surface area contributed by atoms with Crippen molar-refractivity contribution in [2.75, 3.05) is 18.5 Å². The van der Waals surface area contributed by atoms with Crippen molar-refractivity contribution in [3.63, 3.8) is 0 Å². The van der Waals surface area contributed by atoms with Crippen LogP contribution in [0.3, 0.4) is 0 Å². The van der Waals surface area contributed by atoms with Crippen molar-refractivity contribution in [1.82, 2.24) is 0 Å². The molecule has 0 spiro atoms. The Balaban J connectivity index is 1.75. The molecule has 160 valence electrons. The maximum absolute atomic E-state index is 12.6. The van der Waals surface area contributed by atoms with Gasteiger partial charge in [-0.15, -0.1) is 11.3 Å². The number of esters is 2. The van der Waals surface area contributed by atoms with Crippen LogP contribution in [0.4, 0.5) is 5.00 Å². The zero-order valence-corrected chi connectivity index (χ0v) is 18.4. The zero-order valence-electron chi connectivity index (χ0n) is 17.6. The Kier molecular flexibility index (Phi) is 7.20. The number of anilines is 1. The van der Waals surface area contributed by atoms with E-state index in [1.54, 1.807) is 24.4 Å². The minimum atomic E-state index is -0.571. The molecule has 0 aliphatic heterocycles. The van der Waals surface area contributed by atoms with Gasteiger partial charge in [-0.05, 0) is 43.5 Å². The highest BCUT2D eigenvalue weighted by molar-refractivity contribution is 7.15. The molecule has 0 bridgehead atoms. The first-order chi connectivity index (χ1) is 14.9. The first-order valence-electron chi connectivity index (χ1n) is 9.79. The fourth-order valence-corrected chi connectivity index (χ4v) is 4.00. The van der Waals surface area contributed by atoms with Gasteiger partial charge in [-0.3, -0.25) is 4.79 Å². The molecule has 0 radical (unpaired) electrons. The van der Waals surface area contributed by atoms with Crippen molar-refractivity contribution in [3.05, 3.63) is 76.2 Å². The van der Waals surface area contributed by atoms with Crippen molar-refractivity contribution in [3.8, 4) is 11.1 Å². The first-order valence-corrected chi connectivity index (χ1v) is 10.7. The normalized spacial score (nSPS) is 10.4. The molecule has 1 amide bonds. The summed E-state index contributed by atoms with van der Waals surface area (Å²) in [6.45, 7) is 5.19. The van der Waals surface area contributed by atoms with Gasteiger partial charge < -0.3 is 14.8 Å². The molecule has 1 heterocycles. The van der Waals surface area contributed by atoms with Crippen molar-refractivity contribution >= 4 is 34.2 Å². The molecule has 3 rings (SSSR count). The summed E-state index contributed by atoms with van der Waals surface area (Å²) in [5.41, 5.74) is 3.98. The summed E-state index contributed by atoms with van der Waals surface area (Å²) in [5.74, 6) is -1.63. The lowest BCUT2D eigenvalue weighted by atomic mass is 10.0. The van der Waals surface area contributed by atoms with Gasteiger partial charge in [0.1, 0.15) is 10.6 Å². The molecule has 0 unspecified atom stereocenters. The predicted octanol–water partition coefficient (Wildman–Crippen LogP) is 5.00. The average molecular weight is 438 g/mol. The minimum absolute atomic E-state index is 0.212. The van der Waals surface area contributed by atoms with E-state index in [2.05, 4.69) is 5.32 Å². The molecule has 31 heavy (non-hydrogen) atoms. The third-order valence-corrected chi connectivity index (χ3v) is 5.66. The number of nitrogens with one attached hydrogen (secondary N) is 1. The number of aryl methyl sites for hydroxylation is 1. The van der Waals surface area contributed by atoms with Crippen LogP contribution in [0, 0.1) is 13.8 Å². The second-order valence-electron chi connectivity index (χ2n) is 6.81. The molecular weight excluding hydrogens is 414 g/mol. The van der Waals surface area contributed by atoms with Crippen LogP contribution in [0.2, 0.25) is 0 Å². The van der Waals surface area contributed by atoms with Crippen LogP contribution >= 0.6 is 11.3 Å². The maximum Gasteiger partial charge on any atom is 0.341 e. The summed E-state index contributed by atoms with van der Waals surface area (Å²) in [6, 6.07) is 14.7. The second-order valence-corrected chi connectivity index (χ2v) is 7.69. The van der Waals surface area contributed by atoms with E-state index >= 15 is 0 Å². The van der Waals surface area contributed by atoms with Gasteiger partial charge in [-0.2, -0.15) is 0 Å². The van der Waals surface area contributed by atoms with Crippen LogP contribution in [-0.4, -0.2) is 31.1 Å². The van der Waals surface area contributed by atoms with E-state index in [9.17, 15) is 14.4 Å². The van der Waals surface area contributed by atoms with Crippen molar-refractivity contribution in [2.24, 2.45) is 0 Å². The van der Waals surface area contributed by atoms with Gasteiger partial charge in [0.2, 0.25) is 0 Å². The minimum Gasteiger partial charge on any atom is -0.462 e. The van der Waals surface area contributed by atoms with Crippen molar-refractivity contribution in [2.45, 2.75) is 20.8 Å². The van der Waals surface area contributed by atoms with E-state index in [1.807, 2.05) is 50.2 Å². The van der Waals surface area contributed by atoms with Gasteiger partial charge in [0, 0.05) is 10.9 Å². The van der Waals surface area contributed by atoms with Crippen molar-refractivity contribution < 1.29 is 23.9 Å². The highest BCUT2D eigenvalue weighted by Gasteiger charge is 2.23. The molecule has 3 aromatic rings. The van der Waals surface area contributed by atoms with Gasteiger partial charge in [-0.25, -0.2) is 9.59 Å². The quantitative estimate of drug-likeness (QED) is 0.526. The van der Waals surface area contributed by atoms with Crippen LogP contribution in [0.5, 0.6) is 0 Å². The van der Waals surface area contributed by atoms with Crippen molar-refractivity contribution in [1.29, 1.82) is 0 Å². The Hall–Kier alpha value is -3.45. The van der Waals surface area contributed by atoms with Crippen LogP contribution in [0.25, 0.3) is 11.1 Å². The number of amides is 1. The van der Waals surface area contributed by atoms with E-state index in [-0.39, 0.29) is 12.2 Å². The fraction of sp³-hybridized carbons (Fsp3) is 0.208. The van der Waals surface area contributed by atoms with Crippen LogP contribution in [0.15, 0.2) is 53.9 Å². The largest absolute Gasteiger partial charge is 0.462 e. The summed E-state index contributed by atoms with van der Waals surface area (Å²) in [4.78, 5) is 37.4. The number of rotatable bonds is 7. The van der Waals surface area contributed by atoms with E-state index in [0.717, 1.165) is 16.7 Å². The number of thiophene rings is 1. The Bertz CT molecular complexity index is 1100. The molecule has 7 heteroatoms. The summed E-state index contributed by atoms with van der Waals surface area (Å²) < 4.78 is 10.4. The topological polar surface area (TPSA) is 81.7 Å². The lowest BCUT2D eigenvalue weighted by Crippen LogP contribution is -2.22. The summed E-state index contributed by atoms with van der Waals surface area (Å²) in [7, 11) is 0. The number of carbonyl (C=O) groups is 3. The molecule has 1 N–H and O–H groups in total. The van der Waals surface area contributed by atoms with Gasteiger partial charge in [0.05, 0.1) is 12.2 Å². The molecule has 0 atom stereocenters. The summed E-state index contributed by atoms with van der Waals surface area (Å²) >= 11 is 1.22. The lowest BCUT2D eigenvalue weighted by Gasteiger charge is -2.10. The number of carbonyl (C=O) groups excluding carboxylic acids is 3. The Morgan fingerprint density at radius 2 is 1.68 bits per heavy atom. The van der Waals surface area contributed by atoms with Gasteiger partial charge in [0.25, 0.3) is 5.91 Å². The highest BCUT2D eigenvalue weighted by Crippen LogP contribution is 2.36. The van der Waals surface area contributed by atoms with E-state index in [1.165, 1.54) is 11.3 Å². The molecule has 0 saturated carbocycles. The first kappa shape index (κ1) is 22.2. The van der Waals surface area contributed by atoms with Crippen LogP contribution in [0.1, 0.15) is 38.8 Å². The highest BCUT2D eigenvalue weighted by atomic mass is 32.1. The SMILES string of the molecule is CCOC(=O)c1c(-c2ccccc2)csc1NC(=O)COC(=O)c1cccc(C)c1C. The maximum atomic E-state index is 12.6. The third-order valence-electron chi connectivity index (χ3n) is 4.77. The molecule has 6 nitrogen and oxygen atoms in total. The molecule has 0 saturated heterocycles. The van der Waals surface area contributed by atoms with Gasteiger partial charge in [0.15, 0.2) is 6.61 Å².